The molecule has 1 saturated heterocycles. The molecule has 0 radical (unpaired) electrons. The number of halogens is 1. The Bertz CT molecular complexity index is 1120. The summed E-state index contributed by atoms with van der Waals surface area (Å²) in [5.74, 6) is 1.15. The van der Waals surface area contributed by atoms with Gasteiger partial charge in [-0.05, 0) is 72.9 Å². The quantitative estimate of drug-likeness (QED) is 0.603. The maximum atomic E-state index is 12.8. The summed E-state index contributed by atoms with van der Waals surface area (Å²) in [5, 5.41) is 4.06. The van der Waals surface area contributed by atoms with Crippen molar-refractivity contribution in [3.63, 3.8) is 0 Å². The van der Waals surface area contributed by atoms with Gasteiger partial charge in [-0.1, -0.05) is 18.9 Å². The van der Waals surface area contributed by atoms with E-state index >= 15 is 0 Å². The van der Waals surface area contributed by atoms with E-state index in [0.717, 1.165) is 37.6 Å². The molecule has 1 aliphatic heterocycles. The van der Waals surface area contributed by atoms with E-state index in [4.69, 9.17) is 4.98 Å². The van der Waals surface area contributed by atoms with Crippen molar-refractivity contribution in [3.05, 3.63) is 51.0 Å². The molecule has 5 rings (SSSR count). The van der Waals surface area contributed by atoms with Gasteiger partial charge in [0.1, 0.15) is 11.5 Å². The fraction of sp³-hybridized carbons (Fsp3) is 0.455. The predicted molar refractivity (Wildman–Crippen MR) is 121 cm³/mol. The molecule has 156 valence electrons. The van der Waals surface area contributed by atoms with E-state index in [1.54, 1.807) is 12.3 Å². The lowest BCUT2D eigenvalue weighted by Crippen LogP contribution is -2.25. The van der Waals surface area contributed by atoms with Crippen LogP contribution in [0.2, 0.25) is 0 Å². The smallest absolute Gasteiger partial charge is 0.266 e. The highest BCUT2D eigenvalue weighted by atomic mass is 79.9. The molecule has 7 nitrogen and oxygen atoms in total. The van der Waals surface area contributed by atoms with Gasteiger partial charge in [-0.15, -0.1) is 0 Å². The van der Waals surface area contributed by atoms with Gasteiger partial charge in [0.15, 0.2) is 0 Å². The van der Waals surface area contributed by atoms with Crippen molar-refractivity contribution < 1.29 is 0 Å². The van der Waals surface area contributed by atoms with Gasteiger partial charge in [-0.2, -0.15) is 4.98 Å². The highest BCUT2D eigenvalue weighted by molar-refractivity contribution is 9.10. The Labute approximate surface area is 183 Å². The third kappa shape index (κ3) is 3.63. The number of rotatable bonds is 4. The molecule has 2 fully saturated rings. The lowest BCUT2D eigenvalue weighted by Gasteiger charge is -2.19. The van der Waals surface area contributed by atoms with Crippen LogP contribution in [0.1, 0.15) is 56.2 Å². The van der Waals surface area contributed by atoms with Crippen LogP contribution in [0.3, 0.4) is 0 Å². The molecule has 2 aliphatic rings. The summed E-state index contributed by atoms with van der Waals surface area (Å²) >= 11 is 3.41. The number of anilines is 2. The standard InChI is InChI=1S/C22H25BrN6O/c1-28-10-4-7-18(28)14-8-9-19(24-12-14)26-22-25-13-15-11-17(23)21(30)29(20(15)27-22)16-5-2-3-6-16/h8-9,11-13,16,18H,2-7,10H2,1H3,(H,24,25,26,27)/t18-/m0/s1. The first-order chi connectivity index (χ1) is 14.6. The van der Waals surface area contributed by atoms with Gasteiger partial charge in [0.05, 0.1) is 4.47 Å². The molecule has 1 atom stereocenters. The summed E-state index contributed by atoms with van der Waals surface area (Å²) in [6.07, 6.45) is 10.4. The molecule has 1 N–H and O–H groups in total. The Kier molecular flexibility index (Phi) is 5.28. The average Bonchev–Trinajstić information content (AvgIpc) is 3.42. The highest BCUT2D eigenvalue weighted by Crippen LogP contribution is 2.32. The van der Waals surface area contributed by atoms with E-state index < -0.39 is 0 Å². The zero-order valence-electron chi connectivity index (χ0n) is 17.0. The second-order valence-corrected chi connectivity index (χ2v) is 9.17. The number of hydrogen-bond donors (Lipinski definition) is 1. The minimum atomic E-state index is -0.0257. The number of pyridine rings is 2. The third-order valence-electron chi connectivity index (χ3n) is 6.35. The summed E-state index contributed by atoms with van der Waals surface area (Å²) in [4.78, 5) is 28.9. The summed E-state index contributed by atoms with van der Waals surface area (Å²) in [7, 11) is 2.16. The van der Waals surface area contributed by atoms with E-state index in [2.05, 4.69) is 49.2 Å². The van der Waals surface area contributed by atoms with Crippen molar-refractivity contribution in [2.75, 3.05) is 18.9 Å². The Morgan fingerprint density at radius 1 is 1.10 bits per heavy atom. The molecular formula is C22H25BrN6O. The third-order valence-corrected chi connectivity index (χ3v) is 6.92. The fourth-order valence-electron chi connectivity index (χ4n) is 4.77. The number of nitrogens with zero attached hydrogens (tertiary/aromatic N) is 5. The van der Waals surface area contributed by atoms with Crippen LogP contribution in [0.25, 0.3) is 11.0 Å². The zero-order chi connectivity index (χ0) is 20.7. The Morgan fingerprint density at radius 2 is 1.93 bits per heavy atom. The molecule has 1 saturated carbocycles. The average molecular weight is 469 g/mol. The van der Waals surface area contributed by atoms with Crippen LogP contribution >= 0.6 is 15.9 Å². The zero-order valence-corrected chi connectivity index (χ0v) is 18.6. The van der Waals surface area contributed by atoms with Crippen molar-refractivity contribution >= 4 is 38.7 Å². The van der Waals surface area contributed by atoms with Crippen LogP contribution in [-0.4, -0.2) is 38.0 Å². The summed E-state index contributed by atoms with van der Waals surface area (Å²) in [5.41, 5.74) is 1.89. The molecule has 1 aliphatic carbocycles. The first kappa shape index (κ1) is 19.6. The number of fused-ring (bicyclic) bond motifs is 1. The number of aromatic nitrogens is 4. The van der Waals surface area contributed by atoms with Crippen LogP contribution in [0.15, 0.2) is 39.9 Å². The lowest BCUT2D eigenvalue weighted by atomic mass is 10.1. The first-order valence-electron chi connectivity index (χ1n) is 10.6. The van der Waals surface area contributed by atoms with Crippen molar-refractivity contribution in [2.45, 2.75) is 50.6 Å². The summed E-state index contributed by atoms with van der Waals surface area (Å²) in [6, 6.07) is 6.54. The van der Waals surface area contributed by atoms with Gasteiger partial charge < -0.3 is 5.32 Å². The molecule has 8 heteroatoms. The fourth-order valence-corrected chi connectivity index (χ4v) is 5.21. The van der Waals surface area contributed by atoms with E-state index in [9.17, 15) is 4.79 Å². The monoisotopic (exact) mass is 468 g/mol. The van der Waals surface area contributed by atoms with Crippen LogP contribution < -0.4 is 10.9 Å². The second kappa shape index (κ2) is 8.07. The van der Waals surface area contributed by atoms with Gasteiger partial charge >= 0.3 is 0 Å². The maximum Gasteiger partial charge on any atom is 0.266 e. The van der Waals surface area contributed by atoms with Crippen molar-refractivity contribution in [3.8, 4) is 0 Å². The number of hydrogen-bond acceptors (Lipinski definition) is 6. The van der Waals surface area contributed by atoms with E-state index in [-0.39, 0.29) is 11.6 Å². The first-order valence-corrected chi connectivity index (χ1v) is 11.4. The molecule has 3 aromatic rings. The molecule has 0 amide bonds. The lowest BCUT2D eigenvalue weighted by molar-refractivity contribution is 0.317. The summed E-state index contributed by atoms with van der Waals surface area (Å²) < 4.78 is 2.39. The number of likely N-dealkylation sites (tertiary alicyclic amines) is 1. The minimum Gasteiger partial charge on any atom is -0.309 e. The molecule has 0 aromatic carbocycles. The maximum absolute atomic E-state index is 12.8. The molecule has 4 heterocycles. The number of nitrogens with one attached hydrogen (secondary N) is 1. The summed E-state index contributed by atoms with van der Waals surface area (Å²) in [6.45, 7) is 1.13. The Morgan fingerprint density at radius 3 is 2.63 bits per heavy atom. The predicted octanol–water partition coefficient (Wildman–Crippen LogP) is 4.57. The van der Waals surface area contributed by atoms with Gasteiger partial charge in [0, 0.05) is 29.9 Å². The van der Waals surface area contributed by atoms with Crippen molar-refractivity contribution in [1.29, 1.82) is 0 Å². The van der Waals surface area contributed by atoms with Gasteiger partial charge in [0.2, 0.25) is 5.95 Å². The normalized spacial score (nSPS) is 20.3. The largest absolute Gasteiger partial charge is 0.309 e. The molecule has 0 bridgehead atoms. The molecule has 3 aromatic heterocycles. The molecule has 30 heavy (non-hydrogen) atoms. The Balaban J connectivity index is 1.45. The van der Waals surface area contributed by atoms with E-state index in [0.29, 0.717) is 27.9 Å². The molecule has 0 spiro atoms. The second-order valence-electron chi connectivity index (χ2n) is 8.32. The van der Waals surface area contributed by atoms with Crippen molar-refractivity contribution in [1.82, 2.24) is 24.4 Å². The van der Waals surface area contributed by atoms with Gasteiger partial charge in [0.25, 0.3) is 5.56 Å². The van der Waals surface area contributed by atoms with Crippen LogP contribution in [-0.2, 0) is 0 Å². The van der Waals surface area contributed by atoms with Crippen molar-refractivity contribution in [2.24, 2.45) is 0 Å². The van der Waals surface area contributed by atoms with Crippen LogP contribution in [0.4, 0.5) is 11.8 Å². The topological polar surface area (TPSA) is 75.9 Å². The van der Waals surface area contributed by atoms with E-state index in [1.807, 2.05) is 16.8 Å². The van der Waals surface area contributed by atoms with Crippen LogP contribution in [0.5, 0.6) is 0 Å². The van der Waals surface area contributed by atoms with Gasteiger partial charge in [-0.3, -0.25) is 14.3 Å². The minimum absolute atomic E-state index is 0.0257. The van der Waals surface area contributed by atoms with Crippen LogP contribution in [0, 0.1) is 0 Å². The van der Waals surface area contributed by atoms with E-state index in [1.165, 1.54) is 18.4 Å². The Hall–Kier alpha value is -2.32. The molecule has 0 unspecified atom stereocenters. The van der Waals surface area contributed by atoms with Gasteiger partial charge in [-0.25, -0.2) is 9.97 Å². The highest BCUT2D eigenvalue weighted by Gasteiger charge is 2.23. The SMILES string of the molecule is CN1CCC[C@H]1c1ccc(Nc2ncc3cc(Br)c(=O)n(C4CCCC4)c3n2)nc1. The molecular weight excluding hydrogens is 444 g/mol.